The summed E-state index contributed by atoms with van der Waals surface area (Å²) in [5.74, 6) is -2.93. The van der Waals surface area contributed by atoms with Crippen molar-refractivity contribution in [2.24, 2.45) is 0 Å². The molecule has 0 aliphatic rings. The molecule has 0 aliphatic heterocycles. The second-order valence-corrected chi connectivity index (χ2v) is 5.01. The van der Waals surface area contributed by atoms with Crippen molar-refractivity contribution in [3.05, 3.63) is 69.2 Å². The highest BCUT2D eigenvalue weighted by molar-refractivity contribution is 9.10. The van der Waals surface area contributed by atoms with Crippen LogP contribution in [-0.2, 0) is 6.18 Å². The van der Waals surface area contributed by atoms with Crippen molar-refractivity contribution in [2.75, 3.05) is 0 Å². The van der Waals surface area contributed by atoms with Crippen LogP contribution in [0.5, 0.6) is 0 Å². The summed E-state index contributed by atoms with van der Waals surface area (Å²) in [6.07, 6.45) is -4.63. The molecule has 110 valence electrons. The predicted molar refractivity (Wildman–Crippen MR) is 68.9 cm³/mol. The van der Waals surface area contributed by atoms with Crippen LogP contribution in [0.3, 0.4) is 0 Å². The fourth-order valence-electron chi connectivity index (χ4n) is 1.69. The minimum atomic E-state index is -4.63. The molecule has 0 N–H and O–H groups in total. The maximum absolute atomic E-state index is 13.7. The molecule has 0 aromatic heterocycles. The number of benzene rings is 2. The Morgan fingerprint density at radius 3 is 2.29 bits per heavy atom. The zero-order chi connectivity index (χ0) is 15.8. The van der Waals surface area contributed by atoms with Crippen molar-refractivity contribution in [2.45, 2.75) is 6.18 Å². The van der Waals surface area contributed by atoms with Gasteiger partial charge in [-0.1, -0.05) is 12.1 Å². The van der Waals surface area contributed by atoms with Gasteiger partial charge >= 0.3 is 6.18 Å². The van der Waals surface area contributed by atoms with E-state index in [1.165, 1.54) is 0 Å². The monoisotopic (exact) mass is 364 g/mol. The normalized spacial score (nSPS) is 11.5. The Morgan fingerprint density at radius 2 is 1.67 bits per heavy atom. The van der Waals surface area contributed by atoms with Gasteiger partial charge in [-0.3, -0.25) is 4.79 Å². The number of carbonyl (C=O) groups excluding carboxylic acids is 1. The molecule has 21 heavy (non-hydrogen) atoms. The first-order chi connectivity index (χ1) is 9.70. The van der Waals surface area contributed by atoms with Crippen LogP contribution in [-0.4, -0.2) is 5.78 Å². The van der Waals surface area contributed by atoms with Crippen LogP contribution in [0.1, 0.15) is 21.5 Å². The van der Waals surface area contributed by atoms with E-state index in [-0.39, 0.29) is 10.0 Å². The van der Waals surface area contributed by atoms with Crippen molar-refractivity contribution in [1.29, 1.82) is 0 Å². The van der Waals surface area contributed by atoms with Crippen LogP contribution in [0.2, 0.25) is 0 Å². The average Bonchev–Trinajstić information content (AvgIpc) is 2.41. The number of halogens is 6. The topological polar surface area (TPSA) is 17.1 Å². The van der Waals surface area contributed by atoms with E-state index >= 15 is 0 Å². The van der Waals surface area contributed by atoms with E-state index in [1.807, 2.05) is 0 Å². The van der Waals surface area contributed by atoms with Crippen molar-refractivity contribution in [1.82, 2.24) is 0 Å². The van der Waals surface area contributed by atoms with E-state index in [0.717, 1.165) is 24.3 Å². The van der Waals surface area contributed by atoms with Crippen LogP contribution < -0.4 is 0 Å². The maximum Gasteiger partial charge on any atom is 0.416 e. The Bertz CT molecular complexity index is 709. The molecule has 0 amide bonds. The minimum absolute atomic E-state index is 0.180. The van der Waals surface area contributed by atoms with Crippen molar-refractivity contribution >= 4 is 21.7 Å². The van der Waals surface area contributed by atoms with Gasteiger partial charge in [-0.05, 0) is 40.2 Å². The average molecular weight is 365 g/mol. The van der Waals surface area contributed by atoms with Crippen LogP contribution in [0.15, 0.2) is 40.9 Å². The lowest BCUT2D eigenvalue weighted by Gasteiger charge is -2.09. The number of carbonyl (C=O) groups is 1. The van der Waals surface area contributed by atoms with Gasteiger partial charge in [0.25, 0.3) is 0 Å². The lowest BCUT2D eigenvalue weighted by atomic mass is 10.0. The standard InChI is InChI=1S/C14H6BrF5O/c15-10-6-11(16)9(5-12(10)17)13(21)7-2-1-3-8(4-7)14(18,19)20/h1-6H. The molecule has 0 saturated carbocycles. The number of hydrogen-bond donors (Lipinski definition) is 0. The molecular weight excluding hydrogens is 359 g/mol. The number of ketones is 1. The summed E-state index contributed by atoms with van der Waals surface area (Å²) in [5, 5.41) is 0. The first-order valence-electron chi connectivity index (χ1n) is 5.56. The molecule has 2 aromatic carbocycles. The molecule has 0 bridgehead atoms. The molecule has 0 atom stereocenters. The van der Waals surface area contributed by atoms with Gasteiger partial charge in [0, 0.05) is 5.56 Å². The van der Waals surface area contributed by atoms with Gasteiger partial charge in [-0.2, -0.15) is 13.2 Å². The van der Waals surface area contributed by atoms with Crippen LogP contribution in [0.25, 0.3) is 0 Å². The Morgan fingerprint density at radius 1 is 1.00 bits per heavy atom. The summed E-state index contributed by atoms with van der Waals surface area (Å²) in [7, 11) is 0. The van der Waals surface area contributed by atoms with Gasteiger partial charge in [0.15, 0.2) is 5.78 Å². The lowest BCUT2D eigenvalue weighted by molar-refractivity contribution is -0.137. The largest absolute Gasteiger partial charge is 0.416 e. The molecule has 0 spiro atoms. The number of rotatable bonds is 2. The highest BCUT2D eigenvalue weighted by Gasteiger charge is 2.31. The molecule has 2 aromatic rings. The van der Waals surface area contributed by atoms with Gasteiger partial charge in [-0.25, -0.2) is 8.78 Å². The Balaban J connectivity index is 2.48. The SMILES string of the molecule is O=C(c1cccc(C(F)(F)F)c1)c1cc(F)c(Br)cc1F. The predicted octanol–water partition coefficient (Wildman–Crippen LogP) is 4.98. The molecule has 0 radical (unpaired) electrons. The minimum Gasteiger partial charge on any atom is -0.288 e. The Kier molecular flexibility index (Phi) is 4.13. The second kappa shape index (κ2) is 5.55. The molecule has 0 heterocycles. The van der Waals surface area contributed by atoms with Gasteiger partial charge < -0.3 is 0 Å². The van der Waals surface area contributed by atoms with Gasteiger partial charge in [0.05, 0.1) is 15.6 Å². The summed E-state index contributed by atoms with van der Waals surface area (Å²) in [4.78, 5) is 12.0. The van der Waals surface area contributed by atoms with E-state index in [9.17, 15) is 26.7 Å². The summed E-state index contributed by atoms with van der Waals surface area (Å²) in [6.45, 7) is 0. The first kappa shape index (κ1) is 15.6. The first-order valence-corrected chi connectivity index (χ1v) is 6.36. The molecule has 0 aliphatic carbocycles. The number of alkyl halides is 3. The highest BCUT2D eigenvalue weighted by atomic mass is 79.9. The quantitative estimate of drug-likeness (QED) is 0.417. The van der Waals surface area contributed by atoms with Crippen LogP contribution in [0.4, 0.5) is 22.0 Å². The van der Waals surface area contributed by atoms with E-state index in [2.05, 4.69) is 15.9 Å². The molecule has 7 heteroatoms. The zero-order valence-electron chi connectivity index (χ0n) is 10.1. The van der Waals surface area contributed by atoms with Crippen LogP contribution in [0, 0.1) is 11.6 Å². The molecule has 0 unspecified atom stereocenters. The third-order valence-corrected chi connectivity index (χ3v) is 3.31. The van der Waals surface area contributed by atoms with Gasteiger partial charge in [-0.15, -0.1) is 0 Å². The van der Waals surface area contributed by atoms with Crippen LogP contribution >= 0.6 is 15.9 Å². The second-order valence-electron chi connectivity index (χ2n) is 4.15. The zero-order valence-corrected chi connectivity index (χ0v) is 11.7. The molecule has 2 rings (SSSR count). The maximum atomic E-state index is 13.7. The highest BCUT2D eigenvalue weighted by Crippen LogP contribution is 2.30. The fourth-order valence-corrected chi connectivity index (χ4v) is 2.00. The van der Waals surface area contributed by atoms with Crippen molar-refractivity contribution < 1.29 is 26.7 Å². The molecule has 1 nitrogen and oxygen atoms in total. The van der Waals surface area contributed by atoms with E-state index < -0.39 is 34.7 Å². The van der Waals surface area contributed by atoms with E-state index in [4.69, 9.17) is 0 Å². The van der Waals surface area contributed by atoms with E-state index in [1.54, 1.807) is 0 Å². The smallest absolute Gasteiger partial charge is 0.288 e. The molecule has 0 fully saturated rings. The van der Waals surface area contributed by atoms with Gasteiger partial charge in [0.2, 0.25) is 0 Å². The third-order valence-electron chi connectivity index (χ3n) is 2.71. The summed E-state index contributed by atoms with van der Waals surface area (Å²) in [5.41, 5.74) is -2.04. The van der Waals surface area contributed by atoms with Crippen molar-refractivity contribution in [3.8, 4) is 0 Å². The fraction of sp³-hybridized carbons (Fsp3) is 0.0714. The Hall–Kier alpha value is -1.76. The summed E-state index contributed by atoms with van der Waals surface area (Å²) in [6, 6.07) is 4.91. The third kappa shape index (κ3) is 3.29. The molecular formula is C14H6BrF5O. The molecule has 0 saturated heterocycles. The van der Waals surface area contributed by atoms with E-state index in [0.29, 0.717) is 12.1 Å². The lowest BCUT2D eigenvalue weighted by Crippen LogP contribution is -2.09. The van der Waals surface area contributed by atoms with Gasteiger partial charge in [0.1, 0.15) is 11.6 Å². The summed E-state index contributed by atoms with van der Waals surface area (Å²) < 4.78 is 64.6. The summed E-state index contributed by atoms with van der Waals surface area (Å²) >= 11 is 2.75. The number of hydrogen-bond acceptors (Lipinski definition) is 1. The van der Waals surface area contributed by atoms with Crippen molar-refractivity contribution in [3.63, 3.8) is 0 Å². The Labute approximate surface area is 124 Å².